The first-order valence-corrected chi connectivity index (χ1v) is 7.39. The monoisotopic (exact) mass is 276 g/mol. The van der Waals surface area contributed by atoms with E-state index >= 15 is 0 Å². The average molecular weight is 276 g/mol. The van der Waals surface area contributed by atoms with Crippen molar-refractivity contribution in [2.45, 2.75) is 26.3 Å². The van der Waals surface area contributed by atoms with Gasteiger partial charge in [0.25, 0.3) is 5.91 Å². The molecule has 3 nitrogen and oxygen atoms in total. The topological polar surface area (TPSA) is 32.3 Å². The number of carbonyl (C=O) groups is 1. The lowest BCUT2D eigenvalue weighted by atomic mass is 9.93. The molecule has 0 aromatic heterocycles. The Morgan fingerprint density at radius 3 is 3.00 bits per heavy atom. The molecule has 1 N–H and O–H groups in total. The standard InChI is InChI=1S/C16H21FN2O/c1-3-15-13-8-18-7-11(13)9-19(15)16(20)12-6-10(2)4-5-14(12)17/h4-6,11,13,15,18H,3,7-9H2,1-2H3. The fourth-order valence-electron chi connectivity index (χ4n) is 3.74. The van der Waals surface area contributed by atoms with Crippen LogP contribution in [0.1, 0.15) is 29.3 Å². The number of fused-ring (bicyclic) bond motifs is 1. The van der Waals surface area contributed by atoms with Crippen LogP contribution < -0.4 is 5.32 Å². The number of nitrogens with zero attached hydrogens (tertiary/aromatic N) is 1. The SMILES string of the molecule is CCC1C2CNCC2CN1C(=O)c1cc(C)ccc1F. The Balaban J connectivity index is 1.88. The van der Waals surface area contributed by atoms with Crippen LogP contribution in [0.25, 0.3) is 0 Å². The number of amides is 1. The summed E-state index contributed by atoms with van der Waals surface area (Å²) in [4.78, 5) is 14.6. The molecule has 108 valence electrons. The Bertz CT molecular complexity index is 531. The molecule has 2 aliphatic heterocycles. The van der Waals surface area contributed by atoms with E-state index in [0.29, 0.717) is 11.8 Å². The molecule has 1 aromatic carbocycles. The van der Waals surface area contributed by atoms with Crippen LogP contribution in [0.2, 0.25) is 0 Å². The molecule has 2 fully saturated rings. The number of benzene rings is 1. The highest BCUT2D eigenvalue weighted by Crippen LogP contribution is 2.35. The number of rotatable bonds is 2. The lowest BCUT2D eigenvalue weighted by Crippen LogP contribution is -2.40. The Kier molecular flexibility index (Phi) is 3.50. The van der Waals surface area contributed by atoms with Crippen LogP contribution in [-0.2, 0) is 0 Å². The maximum Gasteiger partial charge on any atom is 0.257 e. The van der Waals surface area contributed by atoms with Gasteiger partial charge in [0.1, 0.15) is 5.82 Å². The predicted molar refractivity (Wildman–Crippen MR) is 76.1 cm³/mol. The number of likely N-dealkylation sites (tertiary alicyclic amines) is 1. The van der Waals surface area contributed by atoms with Crippen LogP contribution in [0.15, 0.2) is 18.2 Å². The summed E-state index contributed by atoms with van der Waals surface area (Å²) in [6.07, 6.45) is 0.933. The van der Waals surface area contributed by atoms with E-state index in [4.69, 9.17) is 0 Å². The minimum absolute atomic E-state index is 0.146. The third-order valence-corrected chi connectivity index (χ3v) is 4.75. The van der Waals surface area contributed by atoms with E-state index in [2.05, 4.69) is 12.2 Å². The van der Waals surface area contributed by atoms with Crippen molar-refractivity contribution in [3.05, 3.63) is 35.1 Å². The summed E-state index contributed by atoms with van der Waals surface area (Å²) < 4.78 is 13.9. The lowest BCUT2D eigenvalue weighted by molar-refractivity contribution is 0.0707. The molecule has 1 aromatic rings. The number of hydrogen-bond acceptors (Lipinski definition) is 2. The van der Waals surface area contributed by atoms with Crippen LogP contribution >= 0.6 is 0 Å². The Morgan fingerprint density at radius 1 is 1.45 bits per heavy atom. The summed E-state index contributed by atoms with van der Waals surface area (Å²) in [5, 5.41) is 3.40. The van der Waals surface area contributed by atoms with Crippen LogP contribution in [0.4, 0.5) is 4.39 Å². The highest BCUT2D eigenvalue weighted by molar-refractivity contribution is 5.95. The fourth-order valence-corrected chi connectivity index (χ4v) is 3.74. The van der Waals surface area contributed by atoms with Gasteiger partial charge in [0.2, 0.25) is 0 Å². The number of carbonyl (C=O) groups excluding carboxylic acids is 1. The van der Waals surface area contributed by atoms with Gasteiger partial charge in [-0.15, -0.1) is 0 Å². The van der Waals surface area contributed by atoms with E-state index < -0.39 is 5.82 Å². The van der Waals surface area contributed by atoms with Gasteiger partial charge in [0, 0.05) is 25.7 Å². The molecule has 0 aliphatic carbocycles. The second kappa shape index (κ2) is 5.17. The van der Waals surface area contributed by atoms with Crippen molar-refractivity contribution in [1.82, 2.24) is 10.2 Å². The fraction of sp³-hybridized carbons (Fsp3) is 0.562. The summed E-state index contributed by atoms with van der Waals surface area (Å²) >= 11 is 0. The minimum atomic E-state index is -0.411. The summed E-state index contributed by atoms with van der Waals surface area (Å²) in [7, 11) is 0. The second-order valence-electron chi connectivity index (χ2n) is 6.00. The van der Waals surface area contributed by atoms with Crippen molar-refractivity contribution >= 4 is 5.91 Å². The molecule has 0 radical (unpaired) electrons. The van der Waals surface area contributed by atoms with Crippen molar-refractivity contribution in [3.8, 4) is 0 Å². The van der Waals surface area contributed by atoms with Gasteiger partial charge in [-0.25, -0.2) is 4.39 Å². The van der Waals surface area contributed by atoms with Crippen molar-refractivity contribution < 1.29 is 9.18 Å². The number of aryl methyl sites for hydroxylation is 1. The van der Waals surface area contributed by atoms with Gasteiger partial charge in [-0.3, -0.25) is 4.79 Å². The molecule has 3 rings (SSSR count). The van der Waals surface area contributed by atoms with Crippen LogP contribution in [0.5, 0.6) is 0 Å². The first-order valence-electron chi connectivity index (χ1n) is 7.39. The molecule has 0 saturated carbocycles. The highest BCUT2D eigenvalue weighted by Gasteiger charge is 2.45. The Labute approximate surface area is 119 Å². The Hall–Kier alpha value is -1.42. The molecule has 2 heterocycles. The normalized spacial score (nSPS) is 28.8. The van der Waals surface area contributed by atoms with Gasteiger partial charge in [-0.2, -0.15) is 0 Å². The number of halogens is 1. The van der Waals surface area contributed by atoms with Crippen LogP contribution in [0.3, 0.4) is 0 Å². The largest absolute Gasteiger partial charge is 0.335 e. The number of nitrogens with one attached hydrogen (secondary N) is 1. The molecule has 20 heavy (non-hydrogen) atoms. The van der Waals surface area contributed by atoms with Crippen molar-refractivity contribution in [1.29, 1.82) is 0 Å². The van der Waals surface area contributed by atoms with Crippen molar-refractivity contribution in [2.75, 3.05) is 19.6 Å². The molecular weight excluding hydrogens is 255 g/mol. The van der Waals surface area contributed by atoms with Gasteiger partial charge in [0.15, 0.2) is 0 Å². The summed E-state index contributed by atoms with van der Waals surface area (Å²) in [6.45, 7) is 6.70. The first-order chi connectivity index (χ1) is 9.61. The average Bonchev–Trinajstić information content (AvgIpc) is 3.00. The van der Waals surface area contributed by atoms with Gasteiger partial charge < -0.3 is 10.2 Å². The molecule has 2 aliphatic rings. The molecular formula is C16H21FN2O. The van der Waals surface area contributed by atoms with Crippen molar-refractivity contribution in [2.24, 2.45) is 11.8 Å². The van der Waals surface area contributed by atoms with E-state index in [9.17, 15) is 9.18 Å². The first kappa shape index (κ1) is 13.6. The molecule has 3 unspecified atom stereocenters. The third-order valence-electron chi connectivity index (χ3n) is 4.75. The number of hydrogen-bond donors (Lipinski definition) is 1. The summed E-state index contributed by atoms with van der Waals surface area (Å²) in [5.41, 5.74) is 1.14. The molecule has 3 atom stereocenters. The van der Waals surface area contributed by atoms with Gasteiger partial charge >= 0.3 is 0 Å². The molecule has 2 saturated heterocycles. The summed E-state index contributed by atoms with van der Waals surface area (Å²) in [5.74, 6) is 0.492. The van der Waals surface area contributed by atoms with Gasteiger partial charge in [-0.05, 0) is 37.3 Å². The second-order valence-corrected chi connectivity index (χ2v) is 6.00. The summed E-state index contributed by atoms with van der Waals surface area (Å²) in [6, 6.07) is 4.99. The molecule has 0 bridgehead atoms. The van der Waals surface area contributed by atoms with E-state index in [1.165, 1.54) is 6.07 Å². The zero-order valence-electron chi connectivity index (χ0n) is 12.0. The van der Waals surface area contributed by atoms with Crippen molar-refractivity contribution in [3.63, 3.8) is 0 Å². The zero-order valence-corrected chi connectivity index (χ0v) is 12.0. The van der Waals surface area contributed by atoms with E-state index in [1.807, 2.05) is 11.8 Å². The smallest absolute Gasteiger partial charge is 0.257 e. The molecule has 4 heteroatoms. The maximum absolute atomic E-state index is 13.9. The molecule has 0 spiro atoms. The quantitative estimate of drug-likeness (QED) is 0.898. The van der Waals surface area contributed by atoms with E-state index in [-0.39, 0.29) is 17.5 Å². The van der Waals surface area contributed by atoms with Gasteiger partial charge in [0.05, 0.1) is 5.56 Å². The Morgan fingerprint density at radius 2 is 2.25 bits per heavy atom. The van der Waals surface area contributed by atoms with Crippen LogP contribution in [-0.4, -0.2) is 36.5 Å². The van der Waals surface area contributed by atoms with E-state index in [1.54, 1.807) is 12.1 Å². The van der Waals surface area contributed by atoms with E-state index in [0.717, 1.165) is 31.6 Å². The van der Waals surface area contributed by atoms with Gasteiger partial charge in [-0.1, -0.05) is 18.6 Å². The highest BCUT2D eigenvalue weighted by atomic mass is 19.1. The minimum Gasteiger partial charge on any atom is -0.335 e. The third kappa shape index (κ3) is 2.12. The predicted octanol–water partition coefficient (Wildman–Crippen LogP) is 2.20. The maximum atomic E-state index is 13.9. The lowest BCUT2D eigenvalue weighted by Gasteiger charge is -2.27. The van der Waals surface area contributed by atoms with Crippen LogP contribution in [0, 0.1) is 24.6 Å². The zero-order chi connectivity index (χ0) is 14.3. The molecule has 1 amide bonds.